The Balaban J connectivity index is 1.75. The van der Waals surface area contributed by atoms with Gasteiger partial charge in [0.2, 0.25) is 0 Å². The molecule has 4 rings (SSSR count). The Hall–Kier alpha value is -2.22. The number of nitrogens with zero attached hydrogens (tertiary/aromatic N) is 1. The Kier molecular flexibility index (Phi) is 4.52. The molecule has 1 N–H and O–H groups in total. The minimum Gasteiger partial charge on any atom is -0.279 e. The molecule has 26 heavy (non-hydrogen) atoms. The van der Waals surface area contributed by atoms with E-state index < -0.39 is 10.0 Å². The summed E-state index contributed by atoms with van der Waals surface area (Å²) in [6.07, 6.45) is 0. The van der Waals surface area contributed by atoms with Crippen molar-refractivity contribution in [2.75, 3.05) is 4.72 Å². The van der Waals surface area contributed by atoms with E-state index in [1.807, 2.05) is 36.4 Å². The first-order valence-electron chi connectivity index (χ1n) is 7.76. The molecule has 0 spiro atoms. The summed E-state index contributed by atoms with van der Waals surface area (Å²) in [5.74, 6) is 0. The molecule has 1 aromatic heterocycles. The molecule has 0 unspecified atom stereocenters. The zero-order valence-electron chi connectivity index (χ0n) is 13.4. The Morgan fingerprint density at radius 1 is 0.885 bits per heavy atom. The van der Waals surface area contributed by atoms with Crippen LogP contribution in [0.5, 0.6) is 0 Å². The summed E-state index contributed by atoms with van der Waals surface area (Å²) in [5.41, 5.74) is 2.17. The van der Waals surface area contributed by atoms with Crippen molar-refractivity contribution in [3.8, 4) is 10.6 Å². The number of anilines is 1. The Labute approximate surface area is 163 Å². The van der Waals surface area contributed by atoms with Crippen LogP contribution in [0.2, 0.25) is 0 Å². The first-order chi connectivity index (χ1) is 12.5. The summed E-state index contributed by atoms with van der Waals surface area (Å²) >= 11 is 4.85. The zero-order chi connectivity index (χ0) is 18.1. The fourth-order valence-corrected chi connectivity index (χ4v) is 4.91. The van der Waals surface area contributed by atoms with Crippen LogP contribution in [0.25, 0.3) is 20.8 Å². The van der Waals surface area contributed by atoms with Crippen molar-refractivity contribution >= 4 is 53.2 Å². The average molecular weight is 445 g/mol. The standard InChI is InChI=1S/C19H13BrN2O2S2/c20-13-9-11-14(12-10-13)26(23,24)22-16-6-2-1-5-15(16)19-21-17-7-3-4-8-18(17)25-19/h1-12,22H. The predicted molar refractivity (Wildman–Crippen MR) is 110 cm³/mol. The molecular formula is C19H13BrN2O2S2. The van der Waals surface area contributed by atoms with Crippen molar-refractivity contribution < 1.29 is 8.42 Å². The minimum absolute atomic E-state index is 0.208. The molecule has 0 radical (unpaired) electrons. The number of benzene rings is 3. The van der Waals surface area contributed by atoms with E-state index in [1.54, 1.807) is 36.4 Å². The number of para-hydroxylation sites is 2. The number of thiazole rings is 1. The minimum atomic E-state index is -3.68. The lowest BCUT2D eigenvalue weighted by molar-refractivity contribution is 0.601. The van der Waals surface area contributed by atoms with Crippen molar-refractivity contribution in [1.29, 1.82) is 0 Å². The summed E-state index contributed by atoms with van der Waals surface area (Å²) in [6, 6.07) is 21.7. The van der Waals surface area contributed by atoms with Crippen molar-refractivity contribution in [3.05, 3.63) is 77.3 Å². The lowest BCUT2D eigenvalue weighted by Crippen LogP contribution is -2.13. The molecule has 1 heterocycles. The number of nitrogens with one attached hydrogen (secondary N) is 1. The predicted octanol–water partition coefficient (Wildman–Crippen LogP) is 5.53. The van der Waals surface area contributed by atoms with Crippen LogP contribution in [0.15, 0.2) is 82.2 Å². The van der Waals surface area contributed by atoms with Gasteiger partial charge in [-0.2, -0.15) is 0 Å². The highest BCUT2D eigenvalue weighted by Crippen LogP contribution is 2.35. The molecule has 0 aliphatic carbocycles. The molecule has 7 heteroatoms. The van der Waals surface area contributed by atoms with Gasteiger partial charge in [0.15, 0.2) is 0 Å². The van der Waals surface area contributed by atoms with E-state index in [4.69, 9.17) is 0 Å². The highest BCUT2D eigenvalue weighted by Gasteiger charge is 2.17. The third-order valence-electron chi connectivity index (χ3n) is 3.82. The fraction of sp³-hybridized carbons (Fsp3) is 0. The maximum Gasteiger partial charge on any atom is 0.261 e. The maximum atomic E-state index is 12.7. The normalized spacial score (nSPS) is 11.6. The van der Waals surface area contributed by atoms with E-state index in [9.17, 15) is 8.42 Å². The zero-order valence-corrected chi connectivity index (χ0v) is 16.6. The Bertz CT molecular complexity index is 1150. The number of halogens is 1. The van der Waals surface area contributed by atoms with E-state index >= 15 is 0 Å². The summed E-state index contributed by atoms with van der Waals surface area (Å²) in [4.78, 5) is 4.84. The van der Waals surface area contributed by atoms with Crippen LogP contribution in [-0.2, 0) is 10.0 Å². The first-order valence-corrected chi connectivity index (χ1v) is 10.9. The highest BCUT2D eigenvalue weighted by molar-refractivity contribution is 9.10. The lowest BCUT2D eigenvalue weighted by atomic mass is 10.2. The number of rotatable bonds is 4. The molecule has 0 fully saturated rings. The molecule has 4 nitrogen and oxygen atoms in total. The third-order valence-corrected chi connectivity index (χ3v) is 6.80. The summed E-state index contributed by atoms with van der Waals surface area (Å²) in [6.45, 7) is 0. The van der Waals surface area contributed by atoms with Crippen LogP contribution < -0.4 is 4.72 Å². The van der Waals surface area contributed by atoms with E-state index in [-0.39, 0.29) is 4.90 Å². The number of sulfonamides is 1. The number of aromatic nitrogens is 1. The van der Waals surface area contributed by atoms with Crippen LogP contribution in [0.1, 0.15) is 0 Å². The van der Waals surface area contributed by atoms with Gasteiger partial charge in [-0.05, 0) is 48.5 Å². The van der Waals surface area contributed by atoms with Gasteiger partial charge in [-0.3, -0.25) is 4.72 Å². The van der Waals surface area contributed by atoms with Crippen molar-refractivity contribution in [1.82, 2.24) is 4.98 Å². The molecule has 4 aromatic rings. The average Bonchev–Trinajstić information content (AvgIpc) is 3.06. The second-order valence-electron chi connectivity index (χ2n) is 5.59. The second kappa shape index (κ2) is 6.83. The van der Waals surface area contributed by atoms with Gasteiger partial charge in [0, 0.05) is 10.0 Å². The molecule has 0 amide bonds. The van der Waals surface area contributed by atoms with Gasteiger partial charge in [0.25, 0.3) is 10.0 Å². The quantitative estimate of drug-likeness (QED) is 0.450. The van der Waals surface area contributed by atoms with E-state index in [2.05, 4.69) is 25.6 Å². The third kappa shape index (κ3) is 3.38. The first kappa shape index (κ1) is 17.2. The van der Waals surface area contributed by atoms with Crippen molar-refractivity contribution in [2.24, 2.45) is 0 Å². The van der Waals surface area contributed by atoms with E-state index in [0.717, 1.165) is 25.3 Å². The molecule has 0 aliphatic rings. The molecule has 3 aromatic carbocycles. The highest BCUT2D eigenvalue weighted by atomic mass is 79.9. The smallest absolute Gasteiger partial charge is 0.261 e. The monoisotopic (exact) mass is 444 g/mol. The molecule has 0 atom stereocenters. The summed E-state index contributed by atoms with van der Waals surface area (Å²) in [7, 11) is -3.68. The van der Waals surface area contributed by atoms with Crippen LogP contribution in [0.4, 0.5) is 5.69 Å². The van der Waals surface area contributed by atoms with Gasteiger partial charge in [-0.25, -0.2) is 13.4 Å². The van der Waals surface area contributed by atoms with Crippen LogP contribution in [-0.4, -0.2) is 13.4 Å². The van der Waals surface area contributed by atoms with Gasteiger partial charge in [-0.1, -0.05) is 40.2 Å². The molecule has 0 saturated heterocycles. The Morgan fingerprint density at radius 2 is 1.58 bits per heavy atom. The van der Waals surface area contributed by atoms with Gasteiger partial charge in [0.05, 0.1) is 20.8 Å². The number of fused-ring (bicyclic) bond motifs is 1. The van der Waals surface area contributed by atoms with Crippen molar-refractivity contribution in [2.45, 2.75) is 4.90 Å². The SMILES string of the molecule is O=S(=O)(Nc1ccccc1-c1nc2ccccc2s1)c1ccc(Br)cc1. The molecule has 0 saturated carbocycles. The van der Waals surface area contributed by atoms with Crippen LogP contribution in [0.3, 0.4) is 0 Å². The molecule has 0 aliphatic heterocycles. The van der Waals surface area contributed by atoms with E-state index in [0.29, 0.717) is 5.69 Å². The number of hydrogen-bond donors (Lipinski definition) is 1. The summed E-state index contributed by atoms with van der Waals surface area (Å²) in [5, 5.41) is 0.778. The molecule has 130 valence electrons. The largest absolute Gasteiger partial charge is 0.279 e. The fourth-order valence-electron chi connectivity index (χ4n) is 2.56. The maximum absolute atomic E-state index is 12.7. The number of hydrogen-bond acceptors (Lipinski definition) is 4. The Morgan fingerprint density at radius 3 is 2.35 bits per heavy atom. The van der Waals surface area contributed by atoms with Gasteiger partial charge in [0.1, 0.15) is 5.01 Å². The van der Waals surface area contributed by atoms with Gasteiger partial charge >= 0.3 is 0 Å². The van der Waals surface area contributed by atoms with Gasteiger partial charge < -0.3 is 0 Å². The lowest BCUT2D eigenvalue weighted by Gasteiger charge is -2.11. The molecular weight excluding hydrogens is 432 g/mol. The second-order valence-corrected chi connectivity index (χ2v) is 9.22. The van der Waals surface area contributed by atoms with Crippen LogP contribution >= 0.6 is 27.3 Å². The summed E-state index contributed by atoms with van der Waals surface area (Å²) < 4.78 is 30.0. The van der Waals surface area contributed by atoms with Crippen LogP contribution in [0, 0.1) is 0 Å². The molecule has 0 bridgehead atoms. The topological polar surface area (TPSA) is 59.1 Å². The van der Waals surface area contributed by atoms with Gasteiger partial charge in [-0.15, -0.1) is 11.3 Å². The van der Waals surface area contributed by atoms with E-state index in [1.165, 1.54) is 11.3 Å². The van der Waals surface area contributed by atoms with Crippen molar-refractivity contribution in [3.63, 3.8) is 0 Å².